The summed E-state index contributed by atoms with van der Waals surface area (Å²) in [6.07, 6.45) is 5.88. The minimum absolute atomic E-state index is 0.194. The van der Waals surface area contributed by atoms with Crippen LogP contribution in [0.2, 0.25) is 0 Å². The maximum atomic E-state index is 12.8. The second-order valence-corrected chi connectivity index (χ2v) is 8.20. The molecule has 2 bridgehead atoms. The Hall–Kier alpha value is -2.20. The number of benzene rings is 1. The highest BCUT2D eigenvalue weighted by Gasteiger charge is 2.34. The summed E-state index contributed by atoms with van der Waals surface area (Å²) >= 11 is 2.21. The lowest BCUT2D eigenvalue weighted by atomic mass is 9.93. The van der Waals surface area contributed by atoms with Gasteiger partial charge in [-0.1, -0.05) is 12.1 Å². The zero-order valence-electron chi connectivity index (χ0n) is 14.6. The maximum absolute atomic E-state index is 12.8. The molecule has 3 aromatic rings. The molecular weight excluding hydrogens is 455 g/mol. The average Bonchev–Trinajstić information content (AvgIpc) is 3.14. The highest BCUT2D eigenvalue weighted by molar-refractivity contribution is 14.1. The number of amides is 1. The molecule has 1 amide bonds. The van der Waals surface area contributed by atoms with Crippen molar-refractivity contribution in [2.24, 2.45) is 0 Å². The van der Waals surface area contributed by atoms with Crippen LogP contribution in [0.5, 0.6) is 0 Å². The van der Waals surface area contributed by atoms with Crippen LogP contribution in [0.25, 0.3) is 5.65 Å². The molecule has 3 aliphatic rings. The second kappa shape index (κ2) is 6.75. The lowest BCUT2D eigenvalue weighted by molar-refractivity contribution is 0.102. The van der Waals surface area contributed by atoms with Gasteiger partial charge in [0.2, 0.25) is 0 Å². The van der Waals surface area contributed by atoms with Crippen LogP contribution in [0.4, 0.5) is 11.5 Å². The number of nitrogens with one attached hydrogen (secondary N) is 2. The largest absolute Gasteiger partial charge is 0.351 e. The van der Waals surface area contributed by atoms with Crippen molar-refractivity contribution in [2.45, 2.75) is 24.9 Å². The third kappa shape index (κ3) is 3.06. The smallest absolute Gasteiger partial charge is 0.261 e. The van der Waals surface area contributed by atoms with Gasteiger partial charge in [-0.3, -0.25) is 4.79 Å². The molecule has 0 spiro atoms. The Morgan fingerprint density at radius 1 is 1.26 bits per heavy atom. The van der Waals surface area contributed by atoms with Crippen LogP contribution in [0, 0.1) is 3.57 Å². The van der Waals surface area contributed by atoms with E-state index in [4.69, 9.17) is 4.98 Å². The fourth-order valence-electron chi connectivity index (χ4n) is 3.92. The molecule has 0 aliphatic carbocycles. The molecule has 0 saturated carbocycles. The van der Waals surface area contributed by atoms with E-state index in [0.29, 0.717) is 23.3 Å². The van der Waals surface area contributed by atoms with Crippen molar-refractivity contribution < 1.29 is 4.79 Å². The molecule has 1 aromatic carbocycles. The molecular formula is C19H19IN6O. The summed E-state index contributed by atoms with van der Waals surface area (Å²) in [6.45, 7) is 1.96. The first-order valence-corrected chi connectivity index (χ1v) is 10.2. The Morgan fingerprint density at radius 3 is 2.89 bits per heavy atom. The number of piperazine rings is 1. The van der Waals surface area contributed by atoms with Crippen molar-refractivity contribution >= 4 is 45.7 Å². The van der Waals surface area contributed by atoms with Crippen molar-refractivity contribution in [1.29, 1.82) is 0 Å². The standard InChI is InChI=1S/C19H19IN6O/c20-15-3-1-2-4-16(15)23-19(27)14-10-22-26-8-7-17(24-18(14)26)25-11-12-5-6-13(25)9-21-12/h1-4,7-8,10,12-13,21H,5-6,9,11H2,(H,23,27). The first-order chi connectivity index (χ1) is 13.2. The average molecular weight is 474 g/mol. The van der Waals surface area contributed by atoms with Crippen molar-refractivity contribution in [3.8, 4) is 0 Å². The number of para-hydroxylation sites is 1. The van der Waals surface area contributed by atoms with E-state index in [0.717, 1.165) is 28.2 Å². The van der Waals surface area contributed by atoms with E-state index in [1.807, 2.05) is 36.5 Å². The fourth-order valence-corrected chi connectivity index (χ4v) is 4.44. The van der Waals surface area contributed by atoms with Crippen LogP contribution in [0.3, 0.4) is 0 Å². The summed E-state index contributed by atoms with van der Waals surface area (Å²) in [4.78, 5) is 20.0. The number of anilines is 2. The molecule has 6 rings (SSSR count). The van der Waals surface area contributed by atoms with Crippen molar-refractivity contribution in [3.05, 3.63) is 51.9 Å². The number of nitrogens with zero attached hydrogens (tertiary/aromatic N) is 4. The van der Waals surface area contributed by atoms with E-state index in [1.165, 1.54) is 12.8 Å². The summed E-state index contributed by atoms with van der Waals surface area (Å²) in [6, 6.07) is 10.7. The van der Waals surface area contributed by atoms with E-state index >= 15 is 0 Å². The van der Waals surface area contributed by atoms with Crippen LogP contribution < -0.4 is 15.5 Å². The normalized spacial score (nSPS) is 21.6. The van der Waals surface area contributed by atoms with Crippen LogP contribution in [-0.2, 0) is 0 Å². The molecule has 5 heterocycles. The van der Waals surface area contributed by atoms with Gasteiger partial charge in [0.25, 0.3) is 5.91 Å². The van der Waals surface area contributed by atoms with Gasteiger partial charge in [-0.2, -0.15) is 5.10 Å². The quantitative estimate of drug-likeness (QED) is 0.571. The molecule has 27 heavy (non-hydrogen) atoms. The lowest BCUT2D eigenvalue weighted by Gasteiger charge is -2.46. The molecule has 3 aliphatic heterocycles. The highest BCUT2D eigenvalue weighted by atomic mass is 127. The van der Waals surface area contributed by atoms with E-state index in [-0.39, 0.29) is 5.91 Å². The number of carbonyl (C=O) groups is 1. The van der Waals surface area contributed by atoms with Crippen LogP contribution in [-0.4, -0.2) is 45.7 Å². The molecule has 3 saturated heterocycles. The van der Waals surface area contributed by atoms with E-state index < -0.39 is 0 Å². The molecule has 2 aromatic heterocycles. The molecule has 2 N–H and O–H groups in total. The number of piperidine rings is 2. The Bertz CT molecular complexity index is 1010. The molecule has 8 heteroatoms. The third-order valence-electron chi connectivity index (χ3n) is 5.36. The van der Waals surface area contributed by atoms with E-state index in [1.54, 1.807) is 10.7 Å². The zero-order chi connectivity index (χ0) is 18.4. The van der Waals surface area contributed by atoms with Gasteiger partial charge >= 0.3 is 0 Å². The molecule has 3 fully saturated rings. The second-order valence-electron chi connectivity index (χ2n) is 7.03. The highest BCUT2D eigenvalue weighted by Crippen LogP contribution is 2.27. The van der Waals surface area contributed by atoms with Crippen LogP contribution >= 0.6 is 22.6 Å². The van der Waals surface area contributed by atoms with E-state index in [9.17, 15) is 4.79 Å². The number of fused-ring (bicyclic) bond motifs is 4. The van der Waals surface area contributed by atoms with Gasteiger partial charge in [0, 0.05) is 34.9 Å². The number of halogens is 1. The molecule has 2 unspecified atom stereocenters. The van der Waals surface area contributed by atoms with Crippen molar-refractivity contribution in [3.63, 3.8) is 0 Å². The first-order valence-electron chi connectivity index (χ1n) is 9.09. The monoisotopic (exact) mass is 474 g/mol. The number of hydrogen-bond acceptors (Lipinski definition) is 5. The molecule has 2 atom stereocenters. The summed E-state index contributed by atoms with van der Waals surface area (Å²) in [5.74, 6) is 0.725. The number of hydrogen-bond donors (Lipinski definition) is 2. The minimum atomic E-state index is -0.194. The van der Waals surface area contributed by atoms with E-state index in [2.05, 4.69) is 43.2 Å². The van der Waals surface area contributed by atoms with Crippen molar-refractivity contribution in [1.82, 2.24) is 19.9 Å². The molecule has 138 valence electrons. The van der Waals surface area contributed by atoms with Gasteiger partial charge in [-0.25, -0.2) is 9.50 Å². The van der Waals surface area contributed by atoms with Gasteiger partial charge < -0.3 is 15.5 Å². The predicted octanol–water partition coefficient (Wildman–Crippen LogP) is 2.53. The third-order valence-corrected chi connectivity index (χ3v) is 6.30. The van der Waals surface area contributed by atoms with Crippen LogP contribution in [0.15, 0.2) is 42.7 Å². The summed E-state index contributed by atoms with van der Waals surface area (Å²) < 4.78 is 2.65. The van der Waals surface area contributed by atoms with Gasteiger partial charge in [-0.05, 0) is 53.6 Å². The summed E-state index contributed by atoms with van der Waals surface area (Å²) in [5, 5.41) is 10.8. The topological polar surface area (TPSA) is 74.6 Å². The summed E-state index contributed by atoms with van der Waals surface area (Å²) in [7, 11) is 0. The van der Waals surface area contributed by atoms with Gasteiger partial charge in [0.05, 0.1) is 11.9 Å². The number of rotatable bonds is 3. The number of carbonyl (C=O) groups excluding carboxylic acids is 1. The molecule has 0 radical (unpaired) electrons. The summed E-state index contributed by atoms with van der Waals surface area (Å²) in [5.41, 5.74) is 1.86. The SMILES string of the molecule is O=C(Nc1ccccc1I)c1cnn2ccc(N3CC4CCC3CN4)nc12. The fraction of sp³-hybridized carbons (Fsp3) is 0.316. The first kappa shape index (κ1) is 16.9. The maximum Gasteiger partial charge on any atom is 0.261 e. The minimum Gasteiger partial charge on any atom is -0.351 e. The number of aromatic nitrogens is 3. The Balaban J connectivity index is 1.47. The Morgan fingerprint density at radius 2 is 2.15 bits per heavy atom. The molecule has 7 nitrogen and oxygen atoms in total. The Kier molecular flexibility index (Phi) is 4.24. The predicted molar refractivity (Wildman–Crippen MR) is 112 cm³/mol. The van der Waals surface area contributed by atoms with Gasteiger partial charge in [0.15, 0.2) is 5.65 Å². The van der Waals surface area contributed by atoms with Gasteiger partial charge in [-0.15, -0.1) is 0 Å². The lowest BCUT2D eigenvalue weighted by Crippen LogP contribution is -2.61. The van der Waals surface area contributed by atoms with Gasteiger partial charge in [0.1, 0.15) is 11.4 Å². The Labute approximate surface area is 170 Å². The van der Waals surface area contributed by atoms with Crippen LogP contribution in [0.1, 0.15) is 23.2 Å². The zero-order valence-corrected chi connectivity index (χ0v) is 16.8. The van der Waals surface area contributed by atoms with Crippen molar-refractivity contribution in [2.75, 3.05) is 23.3 Å².